The van der Waals surface area contributed by atoms with Gasteiger partial charge in [-0.25, -0.2) is 0 Å². The highest BCUT2D eigenvalue weighted by Gasteiger charge is 2.17. The zero-order chi connectivity index (χ0) is 12.1. The van der Waals surface area contributed by atoms with Crippen molar-refractivity contribution in [1.82, 2.24) is 5.32 Å². The van der Waals surface area contributed by atoms with Crippen LogP contribution >= 0.6 is 12.2 Å². The van der Waals surface area contributed by atoms with Gasteiger partial charge in [-0.1, -0.05) is 42.5 Å². The van der Waals surface area contributed by atoms with Gasteiger partial charge in [-0.05, 0) is 19.4 Å². The first-order valence-corrected chi connectivity index (χ1v) is 5.58. The third-order valence-corrected chi connectivity index (χ3v) is 2.83. The lowest BCUT2D eigenvalue weighted by molar-refractivity contribution is -0.122. The van der Waals surface area contributed by atoms with Crippen molar-refractivity contribution >= 4 is 23.1 Å². The van der Waals surface area contributed by atoms with E-state index in [0.29, 0.717) is 4.99 Å². The van der Waals surface area contributed by atoms with Crippen molar-refractivity contribution in [2.75, 3.05) is 0 Å². The Balaban J connectivity index is 2.65. The molecule has 86 valence electrons. The molecule has 1 aromatic carbocycles. The van der Waals surface area contributed by atoms with E-state index >= 15 is 0 Å². The first-order valence-electron chi connectivity index (χ1n) is 5.17. The summed E-state index contributed by atoms with van der Waals surface area (Å²) in [5.41, 5.74) is 6.42. The molecule has 2 atom stereocenters. The maximum atomic E-state index is 11.8. The molecule has 0 saturated carbocycles. The van der Waals surface area contributed by atoms with Crippen molar-refractivity contribution in [2.24, 2.45) is 5.73 Å². The van der Waals surface area contributed by atoms with Crippen molar-refractivity contribution < 1.29 is 4.79 Å². The molecule has 0 aliphatic heterocycles. The Morgan fingerprint density at radius 3 is 2.38 bits per heavy atom. The largest absolute Gasteiger partial charge is 0.392 e. The van der Waals surface area contributed by atoms with Gasteiger partial charge in [0.2, 0.25) is 5.91 Å². The van der Waals surface area contributed by atoms with E-state index in [1.54, 1.807) is 6.92 Å². The number of amides is 1. The summed E-state index contributed by atoms with van der Waals surface area (Å²) >= 11 is 4.80. The number of nitrogens with two attached hydrogens (primary N) is 1. The molecule has 2 unspecified atom stereocenters. The molecule has 0 bridgehead atoms. The molecule has 0 spiro atoms. The van der Waals surface area contributed by atoms with E-state index in [-0.39, 0.29) is 17.9 Å². The zero-order valence-corrected chi connectivity index (χ0v) is 10.3. The molecule has 0 fully saturated rings. The number of hydrogen-bond donors (Lipinski definition) is 2. The van der Waals surface area contributed by atoms with Crippen LogP contribution in [0.1, 0.15) is 25.3 Å². The molecule has 0 aliphatic rings. The van der Waals surface area contributed by atoms with Gasteiger partial charge in [-0.2, -0.15) is 0 Å². The van der Waals surface area contributed by atoms with E-state index in [1.165, 1.54) is 0 Å². The number of hydrogen-bond acceptors (Lipinski definition) is 2. The first kappa shape index (κ1) is 12.6. The van der Waals surface area contributed by atoms with Crippen molar-refractivity contribution in [2.45, 2.75) is 25.8 Å². The third kappa shape index (κ3) is 3.31. The highest BCUT2D eigenvalue weighted by atomic mass is 32.1. The highest BCUT2D eigenvalue weighted by Crippen LogP contribution is 2.14. The fraction of sp³-hybridized carbons (Fsp3) is 0.333. The van der Waals surface area contributed by atoms with E-state index in [9.17, 15) is 4.79 Å². The van der Waals surface area contributed by atoms with E-state index in [2.05, 4.69) is 5.32 Å². The molecule has 0 aromatic heterocycles. The van der Waals surface area contributed by atoms with Crippen molar-refractivity contribution in [3.8, 4) is 0 Å². The second-order valence-corrected chi connectivity index (χ2v) is 4.24. The minimum atomic E-state index is -0.270. The number of rotatable bonds is 4. The quantitative estimate of drug-likeness (QED) is 0.780. The summed E-state index contributed by atoms with van der Waals surface area (Å²) in [5, 5.41) is 2.77. The van der Waals surface area contributed by atoms with Gasteiger partial charge in [0.1, 0.15) is 0 Å². The maximum absolute atomic E-state index is 11.8. The van der Waals surface area contributed by atoms with Gasteiger partial charge < -0.3 is 11.1 Å². The third-order valence-electron chi connectivity index (χ3n) is 2.48. The summed E-state index contributed by atoms with van der Waals surface area (Å²) in [6.07, 6.45) is 0. The van der Waals surface area contributed by atoms with Gasteiger partial charge in [-0.15, -0.1) is 0 Å². The zero-order valence-electron chi connectivity index (χ0n) is 9.44. The Morgan fingerprint density at radius 1 is 1.31 bits per heavy atom. The summed E-state index contributed by atoms with van der Waals surface area (Å²) in [6.45, 7) is 3.63. The molecule has 4 heteroatoms. The lowest BCUT2D eigenvalue weighted by Gasteiger charge is -2.16. The van der Waals surface area contributed by atoms with Gasteiger partial charge in [-0.3, -0.25) is 4.79 Å². The Labute approximate surface area is 101 Å². The van der Waals surface area contributed by atoms with Crippen molar-refractivity contribution in [3.63, 3.8) is 0 Å². The number of nitrogens with one attached hydrogen (secondary N) is 1. The van der Waals surface area contributed by atoms with Crippen LogP contribution in [0.3, 0.4) is 0 Å². The van der Waals surface area contributed by atoms with Gasteiger partial charge in [0.25, 0.3) is 0 Å². The van der Waals surface area contributed by atoms with Crippen LogP contribution in [0.25, 0.3) is 0 Å². The normalized spacial score (nSPS) is 13.9. The fourth-order valence-electron chi connectivity index (χ4n) is 1.30. The molecule has 1 aromatic rings. The molecule has 0 saturated heterocycles. The van der Waals surface area contributed by atoms with E-state index in [0.717, 1.165) is 5.56 Å². The second-order valence-electron chi connectivity index (χ2n) is 3.77. The van der Waals surface area contributed by atoms with Crippen LogP contribution in [0.5, 0.6) is 0 Å². The van der Waals surface area contributed by atoms with Crippen LogP contribution in [0.4, 0.5) is 0 Å². The molecular weight excluding hydrogens is 220 g/mol. The van der Waals surface area contributed by atoms with Crippen LogP contribution in [0, 0.1) is 0 Å². The standard InChI is InChI=1S/C12H16N2OS/c1-8(10-6-4-3-5-7-10)12(15)14-9(2)11(13)16/h3-9H,1-2H3,(H2,13,16)(H,14,15). The summed E-state index contributed by atoms with van der Waals surface area (Å²) in [5.74, 6) is -0.260. The van der Waals surface area contributed by atoms with Gasteiger partial charge in [0.05, 0.1) is 16.9 Å². The molecule has 16 heavy (non-hydrogen) atoms. The first-order chi connectivity index (χ1) is 7.52. The molecule has 1 rings (SSSR count). The molecule has 0 aliphatic carbocycles. The lowest BCUT2D eigenvalue weighted by atomic mass is 10.0. The summed E-state index contributed by atoms with van der Waals surface area (Å²) in [4.78, 5) is 12.1. The van der Waals surface area contributed by atoms with Gasteiger partial charge in [0.15, 0.2) is 0 Å². The summed E-state index contributed by atoms with van der Waals surface area (Å²) < 4.78 is 0. The Bertz CT molecular complexity index is 378. The van der Waals surface area contributed by atoms with Gasteiger partial charge >= 0.3 is 0 Å². The van der Waals surface area contributed by atoms with Crippen molar-refractivity contribution in [3.05, 3.63) is 35.9 Å². The highest BCUT2D eigenvalue weighted by molar-refractivity contribution is 7.80. The van der Waals surface area contributed by atoms with E-state index in [4.69, 9.17) is 18.0 Å². The second kappa shape index (κ2) is 5.61. The predicted molar refractivity (Wildman–Crippen MR) is 69.2 cm³/mol. The molecule has 0 heterocycles. The molecular formula is C12H16N2OS. The Morgan fingerprint density at radius 2 is 1.88 bits per heavy atom. The number of carbonyl (C=O) groups is 1. The number of benzene rings is 1. The lowest BCUT2D eigenvalue weighted by Crippen LogP contribution is -2.42. The van der Waals surface area contributed by atoms with Crippen LogP contribution in [-0.2, 0) is 4.79 Å². The Kier molecular flexibility index (Phi) is 4.43. The fourth-order valence-corrected chi connectivity index (χ4v) is 1.36. The number of thiocarbonyl (C=S) groups is 1. The number of carbonyl (C=O) groups excluding carboxylic acids is 1. The van der Waals surface area contributed by atoms with Crippen LogP contribution in [-0.4, -0.2) is 16.9 Å². The predicted octanol–water partition coefficient (Wildman–Crippen LogP) is 1.58. The molecule has 1 amide bonds. The van der Waals surface area contributed by atoms with E-state index in [1.807, 2.05) is 37.3 Å². The maximum Gasteiger partial charge on any atom is 0.227 e. The molecule has 3 nitrogen and oxygen atoms in total. The van der Waals surface area contributed by atoms with Crippen LogP contribution in [0.15, 0.2) is 30.3 Å². The summed E-state index contributed by atoms with van der Waals surface area (Å²) in [7, 11) is 0. The van der Waals surface area contributed by atoms with Crippen LogP contribution < -0.4 is 11.1 Å². The molecule has 3 N–H and O–H groups in total. The molecule has 0 radical (unpaired) electrons. The van der Waals surface area contributed by atoms with Crippen LogP contribution in [0.2, 0.25) is 0 Å². The average molecular weight is 236 g/mol. The minimum Gasteiger partial charge on any atom is -0.392 e. The smallest absolute Gasteiger partial charge is 0.227 e. The average Bonchev–Trinajstić information content (AvgIpc) is 2.28. The minimum absolute atomic E-state index is 0.0634. The summed E-state index contributed by atoms with van der Waals surface area (Å²) in [6, 6.07) is 9.33. The van der Waals surface area contributed by atoms with Crippen molar-refractivity contribution in [1.29, 1.82) is 0 Å². The monoisotopic (exact) mass is 236 g/mol. The SMILES string of the molecule is CC(NC(=O)C(C)c1ccccc1)C(N)=S. The topological polar surface area (TPSA) is 55.1 Å². The van der Waals surface area contributed by atoms with E-state index < -0.39 is 0 Å². The Hall–Kier alpha value is -1.42. The van der Waals surface area contributed by atoms with Gasteiger partial charge in [0, 0.05) is 0 Å².